The van der Waals surface area contributed by atoms with Crippen molar-refractivity contribution < 1.29 is 9.47 Å². The molecular formula is C15H17ClN2O2S. The maximum Gasteiger partial charge on any atom is 0.166 e. The van der Waals surface area contributed by atoms with Crippen LogP contribution < -0.4 is 14.8 Å². The summed E-state index contributed by atoms with van der Waals surface area (Å²) in [5, 5.41) is 4.14. The van der Waals surface area contributed by atoms with Crippen LogP contribution in [0, 0.1) is 0 Å². The summed E-state index contributed by atoms with van der Waals surface area (Å²) in [5.74, 6) is 1.42. The Kier molecular flexibility index (Phi) is 4.63. The molecule has 0 unspecified atom stereocenters. The first-order valence-corrected chi connectivity index (χ1v) is 8.12. The third kappa shape index (κ3) is 3.87. The van der Waals surface area contributed by atoms with Crippen molar-refractivity contribution in [3.05, 3.63) is 39.3 Å². The summed E-state index contributed by atoms with van der Waals surface area (Å²) in [6.45, 7) is 1.22. The second-order valence-electron chi connectivity index (χ2n) is 5.01. The Balaban J connectivity index is 1.79. The number of benzene rings is 1. The standard InChI is InChI=1S/C15H17ClN2O2S/c1-19-14-5-11(16)4-10(6-18-12-2-3-12)15(14)20-8-13-7-17-9-21-13/h4-5,7,9,12,18H,2-3,6,8H2,1H3. The van der Waals surface area contributed by atoms with Crippen molar-refractivity contribution >= 4 is 22.9 Å². The maximum atomic E-state index is 6.16. The molecular weight excluding hydrogens is 308 g/mol. The summed E-state index contributed by atoms with van der Waals surface area (Å²) in [6, 6.07) is 4.34. The molecule has 1 aliphatic carbocycles. The molecule has 4 nitrogen and oxygen atoms in total. The summed E-state index contributed by atoms with van der Waals surface area (Å²) in [6.07, 6.45) is 4.30. The van der Waals surface area contributed by atoms with Gasteiger partial charge in [-0.1, -0.05) is 11.6 Å². The smallest absolute Gasteiger partial charge is 0.166 e. The van der Waals surface area contributed by atoms with Crippen LogP contribution in [0.25, 0.3) is 0 Å². The lowest BCUT2D eigenvalue weighted by atomic mass is 10.1. The fraction of sp³-hybridized carbons (Fsp3) is 0.400. The van der Waals surface area contributed by atoms with E-state index in [1.165, 1.54) is 12.8 Å². The largest absolute Gasteiger partial charge is 0.493 e. The van der Waals surface area contributed by atoms with Crippen LogP contribution in [-0.2, 0) is 13.2 Å². The van der Waals surface area contributed by atoms with Crippen molar-refractivity contribution in [2.24, 2.45) is 0 Å². The number of methoxy groups -OCH3 is 1. The van der Waals surface area contributed by atoms with Gasteiger partial charge in [0.05, 0.1) is 17.5 Å². The van der Waals surface area contributed by atoms with E-state index in [-0.39, 0.29) is 0 Å². The molecule has 6 heteroatoms. The molecule has 1 heterocycles. The van der Waals surface area contributed by atoms with Gasteiger partial charge < -0.3 is 14.8 Å². The molecule has 0 saturated heterocycles. The van der Waals surface area contributed by atoms with Gasteiger partial charge in [-0.2, -0.15) is 0 Å². The first-order valence-electron chi connectivity index (χ1n) is 6.86. The van der Waals surface area contributed by atoms with Gasteiger partial charge in [-0.25, -0.2) is 0 Å². The number of nitrogens with zero attached hydrogens (tertiary/aromatic N) is 1. The summed E-state index contributed by atoms with van der Waals surface area (Å²) < 4.78 is 11.4. The molecule has 1 fully saturated rings. The van der Waals surface area contributed by atoms with Gasteiger partial charge in [-0.05, 0) is 18.9 Å². The molecule has 21 heavy (non-hydrogen) atoms. The lowest BCUT2D eigenvalue weighted by Gasteiger charge is -2.16. The molecule has 112 valence electrons. The van der Waals surface area contributed by atoms with E-state index >= 15 is 0 Å². The molecule has 1 aromatic heterocycles. The zero-order chi connectivity index (χ0) is 14.7. The van der Waals surface area contributed by atoms with Crippen LogP contribution in [0.3, 0.4) is 0 Å². The van der Waals surface area contributed by atoms with Gasteiger partial charge in [0.2, 0.25) is 0 Å². The van der Waals surface area contributed by atoms with Gasteiger partial charge in [0.25, 0.3) is 0 Å². The molecule has 1 N–H and O–H groups in total. The molecule has 2 aromatic rings. The lowest BCUT2D eigenvalue weighted by Crippen LogP contribution is -2.16. The van der Waals surface area contributed by atoms with Crippen molar-refractivity contribution in [1.29, 1.82) is 0 Å². The zero-order valence-electron chi connectivity index (χ0n) is 11.8. The van der Waals surface area contributed by atoms with E-state index in [2.05, 4.69) is 10.3 Å². The zero-order valence-corrected chi connectivity index (χ0v) is 13.3. The highest BCUT2D eigenvalue weighted by molar-refractivity contribution is 7.09. The molecule has 0 radical (unpaired) electrons. The number of hydrogen-bond donors (Lipinski definition) is 1. The number of thiazole rings is 1. The minimum Gasteiger partial charge on any atom is -0.493 e. The van der Waals surface area contributed by atoms with Crippen LogP contribution in [-0.4, -0.2) is 18.1 Å². The summed E-state index contributed by atoms with van der Waals surface area (Å²) in [5.41, 5.74) is 2.82. The van der Waals surface area contributed by atoms with Crippen molar-refractivity contribution in [1.82, 2.24) is 10.3 Å². The van der Waals surface area contributed by atoms with Gasteiger partial charge in [0, 0.05) is 35.4 Å². The van der Waals surface area contributed by atoms with E-state index in [1.54, 1.807) is 30.0 Å². The molecule has 0 bridgehead atoms. The van der Waals surface area contributed by atoms with Crippen LogP contribution >= 0.6 is 22.9 Å². The van der Waals surface area contributed by atoms with Gasteiger partial charge in [-0.15, -0.1) is 11.3 Å². The molecule has 1 aromatic carbocycles. The summed E-state index contributed by atoms with van der Waals surface area (Å²) in [7, 11) is 1.63. The fourth-order valence-electron chi connectivity index (χ4n) is 2.07. The fourth-order valence-corrected chi connectivity index (χ4v) is 2.80. The maximum absolute atomic E-state index is 6.16. The van der Waals surface area contributed by atoms with E-state index in [0.29, 0.717) is 23.4 Å². The number of aromatic nitrogens is 1. The van der Waals surface area contributed by atoms with Crippen molar-refractivity contribution in [3.63, 3.8) is 0 Å². The molecule has 0 atom stereocenters. The second-order valence-corrected chi connectivity index (χ2v) is 6.42. The number of halogens is 1. The highest BCUT2D eigenvalue weighted by Gasteiger charge is 2.22. The highest BCUT2D eigenvalue weighted by atomic mass is 35.5. The third-order valence-corrected chi connectivity index (χ3v) is 4.29. The van der Waals surface area contributed by atoms with E-state index in [9.17, 15) is 0 Å². The van der Waals surface area contributed by atoms with Crippen LogP contribution in [0.2, 0.25) is 5.02 Å². The predicted molar refractivity (Wildman–Crippen MR) is 84.3 cm³/mol. The summed E-state index contributed by atoms with van der Waals surface area (Å²) in [4.78, 5) is 5.13. The molecule has 0 aliphatic heterocycles. The number of hydrogen-bond acceptors (Lipinski definition) is 5. The van der Waals surface area contributed by atoms with Gasteiger partial charge in [0.15, 0.2) is 11.5 Å². The van der Waals surface area contributed by atoms with E-state index < -0.39 is 0 Å². The van der Waals surface area contributed by atoms with Crippen molar-refractivity contribution in [3.8, 4) is 11.5 Å². The van der Waals surface area contributed by atoms with Gasteiger partial charge in [0.1, 0.15) is 6.61 Å². The predicted octanol–water partition coefficient (Wildman–Crippen LogP) is 3.64. The Morgan fingerprint density at radius 3 is 2.95 bits per heavy atom. The van der Waals surface area contributed by atoms with E-state index in [0.717, 1.165) is 22.7 Å². The molecule has 1 aliphatic rings. The van der Waals surface area contributed by atoms with Gasteiger partial charge in [-0.3, -0.25) is 4.98 Å². The Morgan fingerprint density at radius 2 is 2.29 bits per heavy atom. The first kappa shape index (κ1) is 14.6. The topological polar surface area (TPSA) is 43.4 Å². The molecule has 0 spiro atoms. The van der Waals surface area contributed by atoms with Crippen molar-refractivity contribution in [2.75, 3.05) is 7.11 Å². The first-order chi connectivity index (χ1) is 10.3. The summed E-state index contributed by atoms with van der Waals surface area (Å²) >= 11 is 7.73. The average Bonchev–Trinajstić information content (AvgIpc) is 3.17. The SMILES string of the molecule is COc1cc(Cl)cc(CNC2CC2)c1OCc1cncs1. The molecule has 0 amide bonds. The van der Waals surface area contributed by atoms with E-state index in [4.69, 9.17) is 21.1 Å². The van der Waals surface area contributed by atoms with Gasteiger partial charge >= 0.3 is 0 Å². The normalized spacial score (nSPS) is 14.2. The van der Waals surface area contributed by atoms with Crippen LogP contribution in [0.15, 0.2) is 23.8 Å². The minimum atomic E-state index is 0.485. The Bertz CT molecular complexity index is 600. The Hall–Kier alpha value is -1.30. The minimum absolute atomic E-state index is 0.485. The van der Waals surface area contributed by atoms with Crippen LogP contribution in [0.5, 0.6) is 11.5 Å². The Labute approximate surface area is 133 Å². The van der Waals surface area contributed by atoms with E-state index in [1.807, 2.05) is 12.3 Å². The Morgan fingerprint density at radius 1 is 1.43 bits per heavy atom. The monoisotopic (exact) mass is 324 g/mol. The second kappa shape index (κ2) is 6.64. The quantitative estimate of drug-likeness (QED) is 0.844. The molecule has 3 rings (SSSR count). The number of ether oxygens (including phenoxy) is 2. The van der Waals surface area contributed by atoms with Crippen LogP contribution in [0.4, 0.5) is 0 Å². The van der Waals surface area contributed by atoms with Crippen LogP contribution in [0.1, 0.15) is 23.3 Å². The molecule has 1 saturated carbocycles. The average molecular weight is 325 g/mol. The lowest BCUT2D eigenvalue weighted by molar-refractivity contribution is 0.283. The number of rotatable bonds is 7. The van der Waals surface area contributed by atoms with Crippen molar-refractivity contribution in [2.45, 2.75) is 32.0 Å². The number of nitrogens with one attached hydrogen (secondary N) is 1. The highest BCUT2D eigenvalue weighted by Crippen LogP contribution is 2.36. The third-order valence-electron chi connectivity index (χ3n) is 3.32.